The van der Waals surface area contributed by atoms with E-state index in [0.717, 1.165) is 11.3 Å². The number of nitro groups is 1. The Bertz CT molecular complexity index is 620. The molecule has 2 rings (SSSR count). The lowest BCUT2D eigenvalue weighted by Crippen LogP contribution is -2.23. The second-order valence-electron chi connectivity index (χ2n) is 4.55. The number of halogens is 1. The van der Waals surface area contributed by atoms with Crippen LogP contribution in [0.3, 0.4) is 0 Å². The van der Waals surface area contributed by atoms with Crippen LogP contribution in [0.25, 0.3) is 0 Å². The fourth-order valence-corrected chi connectivity index (χ4v) is 2.29. The van der Waals surface area contributed by atoms with Crippen molar-refractivity contribution in [1.29, 1.82) is 0 Å². The van der Waals surface area contributed by atoms with Crippen LogP contribution >= 0.6 is 11.6 Å². The normalized spacial score (nSPS) is 10.4. The molecular weight excluding hydrogens is 290 g/mol. The standard InChI is InChI=1S/C15H16ClN3O2/c1-2-18(11-13-5-3-4-8-17-13)14-7-6-12(10-16)9-15(14)19(20)21/h3-9H,2,10-11H2,1H3. The van der Waals surface area contributed by atoms with Gasteiger partial charge in [-0.2, -0.15) is 0 Å². The van der Waals surface area contributed by atoms with Gasteiger partial charge < -0.3 is 4.90 Å². The molecule has 0 radical (unpaired) electrons. The van der Waals surface area contributed by atoms with Gasteiger partial charge in [0, 0.05) is 24.7 Å². The molecule has 0 aliphatic rings. The second-order valence-corrected chi connectivity index (χ2v) is 4.82. The van der Waals surface area contributed by atoms with Crippen LogP contribution < -0.4 is 4.90 Å². The summed E-state index contributed by atoms with van der Waals surface area (Å²) in [6.45, 7) is 3.14. The van der Waals surface area contributed by atoms with Crippen molar-refractivity contribution in [3.8, 4) is 0 Å². The van der Waals surface area contributed by atoms with Crippen molar-refractivity contribution in [3.63, 3.8) is 0 Å². The number of nitro benzene ring substituents is 1. The van der Waals surface area contributed by atoms with E-state index in [9.17, 15) is 10.1 Å². The number of benzene rings is 1. The quantitative estimate of drug-likeness (QED) is 0.463. The largest absolute Gasteiger partial charge is 0.360 e. The number of pyridine rings is 1. The van der Waals surface area contributed by atoms with Crippen LogP contribution in [0.15, 0.2) is 42.6 Å². The highest BCUT2D eigenvalue weighted by molar-refractivity contribution is 6.17. The highest BCUT2D eigenvalue weighted by Gasteiger charge is 2.19. The number of aromatic nitrogens is 1. The lowest BCUT2D eigenvalue weighted by Gasteiger charge is -2.22. The predicted molar refractivity (Wildman–Crippen MR) is 83.6 cm³/mol. The van der Waals surface area contributed by atoms with Crippen molar-refractivity contribution in [1.82, 2.24) is 4.98 Å². The highest BCUT2D eigenvalue weighted by atomic mass is 35.5. The molecule has 1 aromatic heterocycles. The van der Waals surface area contributed by atoms with E-state index >= 15 is 0 Å². The molecule has 1 heterocycles. The fourth-order valence-electron chi connectivity index (χ4n) is 2.12. The predicted octanol–water partition coefficient (Wildman–Crippen LogP) is 3.76. The number of anilines is 1. The minimum Gasteiger partial charge on any atom is -0.360 e. The maximum atomic E-state index is 11.3. The summed E-state index contributed by atoms with van der Waals surface area (Å²) in [5.74, 6) is 0.257. The Labute approximate surface area is 128 Å². The molecule has 0 N–H and O–H groups in total. The Morgan fingerprint density at radius 3 is 2.71 bits per heavy atom. The van der Waals surface area contributed by atoms with Crippen LogP contribution in [-0.4, -0.2) is 16.5 Å². The Morgan fingerprint density at radius 2 is 2.14 bits per heavy atom. The molecule has 0 aliphatic carbocycles. The molecular formula is C15H16ClN3O2. The molecule has 0 bridgehead atoms. The minimum absolute atomic E-state index is 0.0749. The summed E-state index contributed by atoms with van der Waals surface area (Å²) in [6.07, 6.45) is 1.72. The van der Waals surface area contributed by atoms with Crippen LogP contribution in [0, 0.1) is 10.1 Å². The summed E-state index contributed by atoms with van der Waals surface area (Å²) in [4.78, 5) is 17.1. The van der Waals surface area contributed by atoms with Crippen molar-refractivity contribution >= 4 is 23.0 Å². The average Bonchev–Trinajstić information content (AvgIpc) is 2.53. The Morgan fingerprint density at radius 1 is 1.33 bits per heavy atom. The smallest absolute Gasteiger partial charge is 0.292 e. The van der Waals surface area contributed by atoms with Crippen LogP contribution in [-0.2, 0) is 12.4 Å². The minimum atomic E-state index is -0.369. The van der Waals surface area contributed by atoms with Crippen molar-refractivity contribution in [2.75, 3.05) is 11.4 Å². The van der Waals surface area contributed by atoms with E-state index in [1.165, 1.54) is 6.07 Å². The maximum Gasteiger partial charge on any atom is 0.292 e. The van der Waals surface area contributed by atoms with E-state index in [2.05, 4.69) is 4.98 Å². The fraction of sp³-hybridized carbons (Fsp3) is 0.267. The van der Waals surface area contributed by atoms with E-state index in [4.69, 9.17) is 11.6 Å². The number of hydrogen-bond acceptors (Lipinski definition) is 4. The molecule has 21 heavy (non-hydrogen) atoms. The summed E-state index contributed by atoms with van der Waals surface area (Å²) >= 11 is 5.75. The van der Waals surface area contributed by atoms with E-state index in [1.54, 1.807) is 12.3 Å². The molecule has 0 spiro atoms. The summed E-state index contributed by atoms with van der Waals surface area (Å²) in [5.41, 5.74) is 2.27. The van der Waals surface area contributed by atoms with Gasteiger partial charge in [0.25, 0.3) is 5.69 Å². The van der Waals surface area contributed by atoms with Crippen molar-refractivity contribution in [2.24, 2.45) is 0 Å². The summed E-state index contributed by atoms with van der Waals surface area (Å²) in [5, 5.41) is 11.3. The van der Waals surface area contributed by atoms with Crippen molar-refractivity contribution in [3.05, 3.63) is 64.0 Å². The van der Waals surface area contributed by atoms with Gasteiger partial charge in [0.05, 0.1) is 17.2 Å². The molecule has 1 aromatic carbocycles. The molecule has 0 aliphatic heterocycles. The van der Waals surface area contributed by atoms with Gasteiger partial charge in [0.2, 0.25) is 0 Å². The summed E-state index contributed by atoms with van der Waals surface area (Å²) in [7, 11) is 0. The summed E-state index contributed by atoms with van der Waals surface area (Å²) in [6, 6.07) is 10.8. The summed E-state index contributed by atoms with van der Waals surface area (Å²) < 4.78 is 0. The van der Waals surface area contributed by atoms with Gasteiger partial charge in [-0.1, -0.05) is 12.1 Å². The van der Waals surface area contributed by atoms with Crippen molar-refractivity contribution < 1.29 is 4.92 Å². The van der Waals surface area contributed by atoms with E-state index < -0.39 is 0 Å². The van der Waals surface area contributed by atoms with Gasteiger partial charge in [0.1, 0.15) is 5.69 Å². The van der Waals surface area contributed by atoms with Gasteiger partial charge in [-0.25, -0.2) is 0 Å². The highest BCUT2D eigenvalue weighted by Crippen LogP contribution is 2.30. The Kier molecular flexibility index (Phi) is 5.11. The molecule has 0 amide bonds. The third kappa shape index (κ3) is 3.70. The maximum absolute atomic E-state index is 11.3. The Balaban J connectivity index is 2.35. The first kappa shape index (κ1) is 15.3. The van der Waals surface area contributed by atoms with Crippen LogP contribution in [0.4, 0.5) is 11.4 Å². The molecule has 0 atom stereocenters. The van der Waals surface area contributed by atoms with Gasteiger partial charge in [-0.05, 0) is 30.7 Å². The Hall–Kier alpha value is -2.14. The van der Waals surface area contributed by atoms with Gasteiger partial charge in [-0.3, -0.25) is 15.1 Å². The first-order chi connectivity index (χ1) is 10.2. The van der Waals surface area contributed by atoms with Gasteiger partial charge in [-0.15, -0.1) is 11.6 Å². The van der Waals surface area contributed by atoms with E-state index in [1.807, 2.05) is 36.1 Å². The third-order valence-corrected chi connectivity index (χ3v) is 3.50. The number of rotatable bonds is 6. The van der Waals surface area contributed by atoms with Crippen LogP contribution in [0.1, 0.15) is 18.2 Å². The first-order valence-electron chi connectivity index (χ1n) is 6.63. The van der Waals surface area contributed by atoms with Crippen molar-refractivity contribution in [2.45, 2.75) is 19.3 Å². The van der Waals surface area contributed by atoms with Gasteiger partial charge in [0.15, 0.2) is 0 Å². The number of nitrogens with zero attached hydrogens (tertiary/aromatic N) is 3. The topological polar surface area (TPSA) is 59.3 Å². The molecule has 0 fully saturated rings. The zero-order valence-corrected chi connectivity index (χ0v) is 12.5. The average molecular weight is 306 g/mol. The van der Waals surface area contributed by atoms with Crippen LogP contribution in [0.5, 0.6) is 0 Å². The molecule has 0 saturated heterocycles. The monoisotopic (exact) mass is 305 g/mol. The molecule has 2 aromatic rings. The van der Waals surface area contributed by atoms with Gasteiger partial charge >= 0.3 is 0 Å². The van der Waals surface area contributed by atoms with E-state index in [0.29, 0.717) is 18.8 Å². The third-order valence-electron chi connectivity index (χ3n) is 3.19. The molecule has 0 saturated carbocycles. The van der Waals surface area contributed by atoms with Crippen LogP contribution in [0.2, 0.25) is 0 Å². The lowest BCUT2D eigenvalue weighted by molar-refractivity contribution is -0.384. The molecule has 0 unspecified atom stereocenters. The number of alkyl halides is 1. The molecule has 5 nitrogen and oxygen atoms in total. The zero-order valence-electron chi connectivity index (χ0n) is 11.7. The molecule has 6 heteroatoms. The zero-order chi connectivity index (χ0) is 15.2. The molecule has 110 valence electrons. The number of hydrogen-bond donors (Lipinski definition) is 0. The second kappa shape index (κ2) is 7.04. The first-order valence-corrected chi connectivity index (χ1v) is 7.17. The lowest BCUT2D eigenvalue weighted by atomic mass is 10.1. The SMILES string of the molecule is CCN(Cc1ccccn1)c1ccc(CCl)cc1[N+](=O)[O-]. The van der Waals surface area contributed by atoms with E-state index in [-0.39, 0.29) is 16.5 Å².